The molecule has 19 heavy (non-hydrogen) atoms. The van der Waals surface area contributed by atoms with Crippen molar-refractivity contribution in [2.75, 3.05) is 31.7 Å². The topological polar surface area (TPSA) is 39.4 Å². The summed E-state index contributed by atoms with van der Waals surface area (Å²) >= 11 is 1.62. The Kier molecular flexibility index (Phi) is 4.44. The maximum Gasteiger partial charge on any atom is 0.333 e. The zero-order valence-electron chi connectivity index (χ0n) is 11.5. The molecular formula is C13H19N3O2S. The highest BCUT2D eigenvalue weighted by atomic mass is 32.1. The summed E-state index contributed by atoms with van der Waals surface area (Å²) in [5.74, 6) is 0. The Hall–Kier alpha value is -1.53. The number of hydrogen-bond donors (Lipinski definition) is 0. The van der Waals surface area contributed by atoms with Crippen LogP contribution in [0.25, 0.3) is 5.00 Å². The largest absolute Gasteiger partial charge is 0.383 e. The van der Waals surface area contributed by atoms with Crippen LogP contribution in [0.4, 0.5) is 5.00 Å². The first-order valence-corrected chi connectivity index (χ1v) is 7.07. The highest BCUT2D eigenvalue weighted by molar-refractivity contribution is 7.18. The van der Waals surface area contributed by atoms with Crippen molar-refractivity contribution in [3.63, 3.8) is 0 Å². The van der Waals surface area contributed by atoms with Crippen LogP contribution in [0.15, 0.2) is 29.3 Å². The molecule has 6 heteroatoms. The van der Waals surface area contributed by atoms with Crippen LogP contribution in [-0.2, 0) is 11.8 Å². The van der Waals surface area contributed by atoms with Gasteiger partial charge in [0.25, 0.3) is 0 Å². The minimum Gasteiger partial charge on any atom is -0.383 e. The van der Waals surface area contributed by atoms with Gasteiger partial charge in [-0.25, -0.2) is 4.79 Å². The molecule has 2 heterocycles. The van der Waals surface area contributed by atoms with Crippen LogP contribution in [0.3, 0.4) is 0 Å². The molecule has 5 nitrogen and oxygen atoms in total. The smallest absolute Gasteiger partial charge is 0.333 e. The van der Waals surface area contributed by atoms with E-state index in [9.17, 15) is 4.79 Å². The van der Waals surface area contributed by atoms with Crippen LogP contribution in [0.2, 0.25) is 0 Å². The molecule has 2 aromatic rings. The third-order valence-electron chi connectivity index (χ3n) is 3.02. The van der Waals surface area contributed by atoms with Crippen molar-refractivity contribution >= 4 is 16.3 Å². The van der Waals surface area contributed by atoms with E-state index < -0.39 is 0 Å². The van der Waals surface area contributed by atoms with Gasteiger partial charge in [-0.1, -0.05) is 0 Å². The summed E-state index contributed by atoms with van der Waals surface area (Å²) < 4.78 is 8.35. The second-order valence-electron chi connectivity index (χ2n) is 4.25. The zero-order valence-corrected chi connectivity index (χ0v) is 12.3. The summed E-state index contributed by atoms with van der Waals surface area (Å²) in [7, 11) is 3.46. The average Bonchev–Trinajstić information content (AvgIpc) is 3.00. The molecule has 104 valence electrons. The van der Waals surface area contributed by atoms with Gasteiger partial charge >= 0.3 is 5.69 Å². The normalized spacial score (nSPS) is 10.9. The number of aromatic nitrogens is 2. The van der Waals surface area contributed by atoms with E-state index in [4.69, 9.17) is 4.74 Å². The van der Waals surface area contributed by atoms with Crippen molar-refractivity contribution in [1.82, 2.24) is 9.13 Å². The lowest BCUT2D eigenvalue weighted by Gasteiger charge is -2.20. The molecule has 0 unspecified atom stereocenters. The predicted molar refractivity (Wildman–Crippen MR) is 78.7 cm³/mol. The van der Waals surface area contributed by atoms with E-state index in [-0.39, 0.29) is 5.69 Å². The molecule has 0 spiro atoms. The fraction of sp³-hybridized carbons (Fsp3) is 0.462. The van der Waals surface area contributed by atoms with Gasteiger partial charge in [0.15, 0.2) is 0 Å². The van der Waals surface area contributed by atoms with Crippen LogP contribution < -0.4 is 10.6 Å². The molecule has 0 fully saturated rings. The minimum atomic E-state index is -0.0201. The van der Waals surface area contributed by atoms with Crippen LogP contribution in [-0.4, -0.2) is 35.9 Å². The molecule has 0 amide bonds. The van der Waals surface area contributed by atoms with Gasteiger partial charge in [-0.05, 0) is 19.1 Å². The SMILES string of the molecule is CCN(CCOC)c1ccc(-n2ccn(C)c2=O)s1. The highest BCUT2D eigenvalue weighted by Crippen LogP contribution is 2.27. The number of rotatable bonds is 6. The first-order valence-electron chi connectivity index (χ1n) is 6.25. The summed E-state index contributed by atoms with van der Waals surface area (Å²) in [6.45, 7) is 4.60. The van der Waals surface area contributed by atoms with Gasteiger partial charge in [-0.15, -0.1) is 11.3 Å². The molecule has 0 bridgehead atoms. The number of anilines is 1. The number of likely N-dealkylation sites (N-methyl/N-ethyl adjacent to an activating group) is 1. The molecule has 0 radical (unpaired) electrons. The van der Waals surface area contributed by atoms with Crippen molar-refractivity contribution in [3.8, 4) is 5.00 Å². The molecular weight excluding hydrogens is 262 g/mol. The van der Waals surface area contributed by atoms with Crippen LogP contribution >= 0.6 is 11.3 Å². The number of methoxy groups -OCH3 is 1. The Balaban J connectivity index is 2.23. The maximum atomic E-state index is 11.9. The molecule has 0 saturated heterocycles. The Morgan fingerprint density at radius 1 is 1.37 bits per heavy atom. The number of thiophene rings is 1. The molecule has 0 aliphatic heterocycles. The Bertz CT molecular complexity index is 585. The van der Waals surface area contributed by atoms with Crippen molar-refractivity contribution in [3.05, 3.63) is 35.0 Å². The number of hydrogen-bond acceptors (Lipinski definition) is 4. The van der Waals surface area contributed by atoms with Crippen molar-refractivity contribution in [2.45, 2.75) is 6.92 Å². The Morgan fingerprint density at radius 3 is 2.74 bits per heavy atom. The Labute approximate surface area is 116 Å². The maximum absolute atomic E-state index is 11.9. The first-order chi connectivity index (χ1) is 9.17. The molecule has 0 aliphatic rings. The predicted octanol–water partition coefficient (Wildman–Crippen LogP) is 1.71. The van der Waals surface area contributed by atoms with E-state index >= 15 is 0 Å². The van der Waals surface area contributed by atoms with Crippen molar-refractivity contribution in [1.29, 1.82) is 0 Å². The van der Waals surface area contributed by atoms with E-state index in [1.807, 2.05) is 6.07 Å². The molecule has 0 N–H and O–H groups in total. The first kappa shape index (κ1) is 13.9. The van der Waals surface area contributed by atoms with E-state index in [2.05, 4.69) is 17.9 Å². The van der Waals surface area contributed by atoms with E-state index in [1.165, 1.54) is 0 Å². The molecule has 0 aliphatic carbocycles. The van der Waals surface area contributed by atoms with Gasteiger partial charge < -0.3 is 14.2 Å². The molecule has 0 atom stereocenters. The van der Waals surface area contributed by atoms with Gasteiger partial charge in [0.2, 0.25) is 0 Å². The number of imidazole rings is 1. The number of aryl methyl sites for hydroxylation is 1. The lowest BCUT2D eigenvalue weighted by Crippen LogP contribution is -2.25. The fourth-order valence-electron chi connectivity index (χ4n) is 1.87. The van der Waals surface area contributed by atoms with E-state index in [1.54, 1.807) is 47.0 Å². The van der Waals surface area contributed by atoms with E-state index in [0.29, 0.717) is 6.61 Å². The third kappa shape index (κ3) is 2.90. The van der Waals surface area contributed by atoms with Crippen molar-refractivity contribution < 1.29 is 4.74 Å². The van der Waals surface area contributed by atoms with Gasteiger partial charge in [0.05, 0.1) is 11.6 Å². The monoisotopic (exact) mass is 281 g/mol. The second-order valence-corrected chi connectivity index (χ2v) is 5.29. The standard InChI is InChI=1S/C13H19N3O2S/c1-4-15(9-10-18-3)11-5-6-12(19-11)16-8-7-14(2)13(16)17/h5-8H,4,9-10H2,1-3H3. The van der Waals surface area contributed by atoms with E-state index in [0.717, 1.165) is 23.1 Å². The minimum absolute atomic E-state index is 0.0201. The second kappa shape index (κ2) is 6.08. The number of ether oxygens (including phenoxy) is 1. The summed E-state index contributed by atoms with van der Waals surface area (Å²) in [4.78, 5) is 14.1. The van der Waals surface area contributed by atoms with Crippen molar-refractivity contribution in [2.24, 2.45) is 7.05 Å². The molecule has 2 aromatic heterocycles. The van der Waals surface area contributed by atoms with Gasteiger partial charge in [-0.2, -0.15) is 0 Å². The van der Waals surface area contributed by atoms with Crippen LogP contribution in [0, 0.1) is 0 Å². The van der Waals surface area contributed by atoms with Gasteiger partial charge in [-0.3, -0.25) is 4.57 Å². The van der Waals surface area contributed by atoms with Crippen LogP contribution in [0.1, 0.15) is 6.92 Å². The molecule has 0 aromatic carbocycles. The number of nitrogens with zero attached hydrogens (tertiary/aromatic N) is 3. The third-order valence-corrected chi connectivity index (χ3v) is 4.17. The lowest BCUT2D eigenvalue weighted by molar-refractivity contribution is 0.205. The molecule has 2 rings (SSSR count). The van der Waals surface area contributed by atoms with Gasteiger partial charge in [0.1, 0.15) is 5.00 Å². The quantitative estimate of drug-likeness (QED) is 0.809. The summed E-state index contributed by atoms with van der Waals surface area (Å²) in [5.41, 5.74) is -0.0201. The fourth-order valence-corrected chi connectivity index (χ4v) is 2.95. The average molecular weight is 281 g/mol. The summed E-state index contributed by atoms with van der Waals surface area (Å²) in [6, 6.07) is 4.04. The highest BCUT2D eigenvalue weighted by Gasteiger charge is 2.10. The summed E-state index contributed by atoms with van der Waals surface area (Å²) in [5, 5.41) is 2.10. The van der Waals surface area contributed by atoms with Gasteiger partial charge in [0, 0.05) is 39.6 Å². The van der Waals surface area contributed by atoms with Crippen LogP contribution in [0.5, 0.6) is 0 Å². The molecule has 0 saturated carbocycles. The summed E-state index contributed by atoms with van der Waals surface area (Å²) in [6.07, 6.45) is 3.56. The zero-order chi connectivity index (χ0) is 13.8. The lowest BCUT2D eigenvalue weighted by atomic mass is 10.5. The Morgan fingerprint density at radius 2 is 2.16 bits per heavy atom.